The summed E-state index contributed by atoms with van der Waals surface area (Å²) in [5, 5.41) is 1.02. The first kappa shape index (κ1) is 13.0. The Morgan fingerprint density at radius 3 is 3.06 bits per heavy atom. The summed E-state index contributed by atoms with van der Waals surface area (Å²) in [4.78, 5) is 4.40. The Morgan fingerprint density at radius 2 is 2.28 bits per heavy atom. The van der Waals surface area contributed by atoms with E-state index in [1.807, 2.05) is 36.4 Å². The zero-order chi connectivity index (χ0) is 12.6. The van der Waals surface area contributed by atoms with Gasteiger partial charge in [0.25, 0.3) is 0 Å². The van der Waals surface area contributed by atoms with Crippen molar-refractivity contribution in [2.24, 2.45) is 0 Å². The number of rotatable bonds is 6. The second kappa shape index (κ2) is 7.10. The number of hydrogen-bond acceptors (Lipinski definition) is 2. The maximum Gasteiger partial charge on any atom is 0.148 e. The van der Waals surface area contributed by atoms with Crippen molar-refractivity contribution < 1.29 is 4.74 Å². The average Bonchev–Trinajstić information content (AvgIpc) is 2.45. The minimum atomic E-state index is 0.725. The number of aromatic nitrogens is 1. The SMILES string of the molecule is BrCCCCOc1cccnc1C1=CC=[C+]C=C1. The van der Waals surface area contributed by atoms with E-state index in [1.54, 1.807) is 6.20 Å². The number of pyridine rings is 1. The topological polar surface area (TPSA) is 22.1 Å². The number of nitrogens with zero attached hydrogens (tertiary/aromatic N) is 1. The van der Waals surface area contributed by atoms with Gasteiger partial charge in [0.2, 0.25) is 0 Å². The minimum Gasteiger partial charge on any atom is -0.491 e. The molecule has 0 amide bonds. The van der Waals surface area contributed by atoms with Crippen LogP contribution in [0.25, 0.3) is 5.57 Å². The van der Waals surface area contributed by atoms with E-state index < -0.39 is 0 Å². The van der Waals surface area contributed by atoms with E-state index in [1.165, 1.54) is 0 Å². The molecular weight excluding hydrogens is 290 g/mol. The Labute approximate surface area is 116 Å². The summed E-state index contributed by atoms with van der Waals surface area (Å²) >= 11 is 3.42. The molecule has 0 fully saturated rings. The lowest BCUT2D eigenvalue weighted by Gasteiger charge is -2.09. The van der Waals surface area contributed by atoms with E-state index >= 15 is 0 Å². The molecule has 0 N–H and O–H groups in total. The quantitative estimate of drug-likeness (QED) is 0.451. The van der Waals surface area contributed by atoms with Crippen molar-refractivity contribution in [3.63, 3.8) is 0 Å². The van der Waals surface area contributed by atoms with E-state index in [2.05, 4.69) is 27.0 Å². The van der Waals surface area contributed by atoms with Gasteiger partial charge < -0.3 is 4.74 Å². The first-order chi connectivity index (χ1) is 8.92. The Bertz CT molecular complexity index is 477. The molecule has 0 aliphatic heterocycles. The maximum absolute atomic E-state index is 5.80. The molecule has 92 valence electrons. The zero-order valence-electron chi connectivity index (χ0n) is 10.1. The van der Waals surface area contributed by atoms with Gasteiger partial charge in [-0.2, -0.15) is 0 Å². The molecule has 1 aliphatic carbocycles. The average molecular weight is 305 g/mol. The van der Waals surface area contributed by atoms with Crippen LogP contribution in [0.1, 0.15) is 18.5 Å². The highest BCUT2D eigenvalue weighted by molar-refractivity contribution is 9.09. The van der Waals surface area contributed by atoms with Crippen LogP contribution in [-0.2, 0) is 0 Å². The van der Waals surface area contributed by atoms with Gasteiger partial charge in [0, 0.05) is 17.6 Å². The molecule has 0 bridgehead atoms. The van der Waals surface area contributed by atoms with Crippen LogP contribution in [-0.4, -0.2) is 16.9 Å². The summed E-state index contributed by atoms with van der Waals surface area (Å²) in [5.41, 5.74) is 1.95. The largest absolute Gasteiger partial charge is 0.491 e. The molecule has 1 aromatic rings. The molecule has 2 nitrogen and oxygen atoms in total. The van der Waals surface area contributed by atoms with Gasteiger partial charge in [-0.1, -0.05) is 15.9 Å². The molecule has 1 aromatic heterocycles. The number of allylic oxidation sites excluding steroid dienone is 6. The Morgan fingerprint density at radius 1 is 1.33 bits per heavy atom. The lowest BCUT2D eigenvalue weighted by molar-refractivity contribution is 0.308. The monoisotopic (exact) mass is 304 g/mol. The van der Waals surface area contributed by atoms with Crippen molar-refractivity contribution >= 4 is 21.5 Å². The number of unbranched alkanes of at least 4 members (excludes halogenated alkanes) is 1. The van der Waals surface area contributed by atoms with Crippen LogP contribution >= 0.6 is 15.9 Å². The van der Waals surface area contributed by atoms with Crippen molar-refractivity contribution in [1.29, 1.82) is 0 Å². The Balaban J connectivity index is 2.08. The highest BCUT2D eigenvalue weighted by Gasteiger charge is 2.13. The van der Waals surface area contributed by atoms with E-state index in [-0.39, 0.29) is 0 Å². The summed E-state index contributed by atoms with van der Waals surface area (Å²) in [6, 6.07) is 3.87. The first-order valence-electron chi connectivity index (χ1n) is 6.02. The van der Waals surface area contributed by atoms with Gasteiger partial charge in [-0.3, -0.25) is 0 Å². The van der Waals surface area contributed by atoms with Crippen molar-refractivity contribution in [3.05, 3.63) is 54.4 Å². The molecule has 2 rings (SSSR count). The number of alkyl halides is 1. The van der Waals surface area contributed by atoms with Crippen LogP contribution in [0.3, 0.4) is 0 Å². The van der Waals surface area contributed by atoms with Crippen molar-refractivity contribution in [2.75, 3.05) is 11.9 Å². The summed E-state index contributed by atoms with van der Waals surface area (Å²) in [6.45, 7) is 0.725. The highest BCUT2D eigenvalue weighted by atomic mass is 79.9. The standard InChI is InChI=1S/C15H15BrNO/c16-10-4-5-12-18-14-9-6-11-17-15(14)13-7-2-1-3-8-13/h2-3,6-9,11H,4-5,10,12H2/q+1. The van der Waals surface area contributed by atoms with Crippen LogP contribution in [0.5, 0.6) is 5.75 Å². The number of hydrogen-bond donors (Lipinski definition) is 0. The fourth-order valence-electron chi connectivity index (χ4n) is 1.65. The van der Waals surface area contributed by atoms with E-state index in [0.29, 0.717) is 0 Å². The third kappa shape index (κ3) is 3.52. The molecule has 1 heterocycles. The number of ether oxygens (including phenoxy) is 1. The van der Waals surface area contributed by atoms with Crippen LogP contribution < -0.4 is 4.74 Å². The lowest BCUT2D eigenvalue weighted by atomic mass is 10.1. The summed E-state index contributed by atoms with van der Waals surface area (Å²) in [5.74, 6) is 0.846. The third-order valence-electron chi connectivity index (χ3n) is 2.55. The number of halogens is 1. The fraction of sp³-hybridized carbons (Fsp3) is 0.267. The smallest absolute Gasteiger partial charge is 0.148 e. The molecule has 0 aromatic carbocycles. The van der Waals surface area contributed by atoms with E-state index in [0.717, 1.165) is 41.8 Å². The summed E-state index contributed by atoms with van der Waals surface area (Å²) < 4.78 is 5.80. The van der Waals surface area contributed by atoms with Crippen LogP contribution in [0, 0.1) is 6.08 Å². The first-order valence-corrected chi connectivity index (χ1v) is 7.14. The van der Waals surface area contributed by atoms with Gasteiger partial charge in [0.15, 0.2) is 0 Å². The second-order valence-corrected chi connectivity index (χ2v) is 4.68. The summed E-state index contributed by atoms with van der Waals surface area (Å²) in [6.07, 6.45) is 14.7. The minimum absolute atomic E-state index is 0.725. The zero-order valence-corrected chi connectivity index (χ0v) is 11.7. The second-order valence-electron chi connectivity index (χ2n) is 3.88. The molecule has 0 radical (unpaired) electrons. The van der Waals surface area contributed by atoms with Gasteiger partial charge in [0.1, 0.15) is 29.2 Å². The van der Waals surface area contributed by atoms with Crippen molar-refractivity contribution in [1.82, 2.24) is 4.98 Å². The predicted octanol–water partition coefficient (Wildman–Crippen LogP) is 3.95. The summed E-state index contributed by atoms with van der Waals surface area (Å²) in [7, 11) is 0. The Kier molecular flexibility index (Phi) is 5.13. The molecule has 0 saturated carbocycles. The van der Waals surface area contributed by atoms with Crippen LogP contribution in [0.15, 0.2) is 42.6 Å². The normalized spacial score (nSPS) is 13.1. The van der Waals surface area contributed by atoms with Crippen LogP contribution in [0.4, 0.5) is 0 Å². The van der Waals surface area contributed by atoms with Gasteiger partial charge in [-0.15, -0.1) is 0 Å². The van der Waals surface area contributed by atoms with Crippen LogP contribution in [0.2, 0.25) is 0 Å². The lowest BCUT2D eigenvalue weighted by Crippen LogP contribution is -2.01. The van der Waals surface area contributed by atoms with E-state index in [4.69, 9.17) is 4.74 Å². The van der Waals surface area contributed by atoms with Gasteiger partial charge in [-0.05, 0) is 25.0 Å². The molecular formula is C15H15BrNO+. The predicted molar refractivity (Wildman–Crippen MR) is 77.7 cm³/mol. The van der Waals surface area contributed by atoms with Gasteiger partial charge >= 0.3 is 0 Å². The molecule has 1 aliphatic rings. The molecule has 0 spiro atoms. The maximum atomic E-state index is 5.80. The van der Waals surface area contributed by atoms with E-state index in [9.17, 15) is 0 Å². The molecule has 3 heteroatoms. The molecule has 0 saturated heterocycles. The van der Waals surface area contributed by atoms with Gasteiger partial charge in [0.05, 0.1) is 18.8 Å². The fourth-order valence-corrected chi connectivity index (χ4v) is 2.04. The Hall–Kier alpha value is -1.44. The molecule has 18 heavy (non-hydrogen) atoms. The van der Waals surface area contributed by atoms with Crippen molar-refractivity contribution in [3.8, 4) is 5.75 Å². The molecule has 0 unspecified atom stereocenters. The third-order valence-corrected chi connectivity index (χ3v) is 3.11. The molecule has 0 atom stereocenters. The van der Waals surface area contributed by atoms with Gasteiger partial charge in [-0.25, -0.2) is 4.98 Å². The highest BCUT2D eigenvalue weighted by Crippen LogP contribution is 2.26. The van der Waals surface area contributed by atoms with Crippen molar-refractivity contribution in [2.45, 2.75) is 12.8 Å².